The summed E-state index contributed by atoms with van der Waals surface area (Å²) < 4.78 is 33.0. The molecule has 0 saturated carbocycles. The van der Waals surface area contributed by atoms with Crippen LogP contribution >= 0.6 is 0 Å². The molecule has 0 bridgehead atoms. The van der Waals surface area contributed by atoms with E-state index < -0.39 is 77.4 Å². The molecule has 44 heavy (non-hydrogen) atoms. The number of alkyl carbamates (subject to hydrolysis) is 2. The van der Waals surface area contributed by atoms with Crippen molar-refractivity contribution in [3.63, 3.8) is 0 Å². The number of aliphatic hydroxyl groups excluding tert-OH is 2. The van der Waals surface area contributed by atoms with Crippen molar-refractivity contribution < 1.29 is 57.8 Å². The molecule has 0 unspecified atom stereocenters. The minimum Gasteiger partial charge on any atom is -0.478 e. The standard InChI is InChI=1S/C28H46N4O12/c1-15(34)29-19-16(30-23(31-24(37)43-26(2,3)4)32-25(38)44-27(5,6)7)13-17(22(36)39-12-10-11-33)41-21(19)20(35)18-14-40-28(8,9)42-18/h13,16,18-21,33,35H,10-12,14H2,1-9H3,(H,29,34)(H2,30,31,32,37,38)/t16-,18+,19+,20+,21+/m0/s1. The van der Waals surface area contributed by atoms with Crippen LogP contribution in [-0.4, -0.2) is 107 Å². The number of nitrogens with zero attached hydrogens (tertiary/aromatic N) is 1. The molecule has 16 heteroatoms. The van der Waals surface area contributed by atoms with Gasteiger partial charge in [-0.1, -0.05) is 0 Å². The van der Waals surface area contributed by atoms with Gasteiger partial charge in [0, 0.05) is 20.0 Å². The van der Waals surface area contributed by atoms with Crippen LogP contribution in [0.2, 0.25) is 0 Å². The zero-order chi connectivity index (χ0) is 33.5. The smallest absolute Gasteiger partial charge is 0.414 e. The minimum atomic E-state index is -1.47. The summed E-state index contributed by atoms with van der Waals surface area (Å²) in [6.07, 6.45) is -4.34. The maximum atomic E-state index is 12.9. The third-order valence-corrected chi connectivity index (χ3v) is 5.68. The Hall–Kier alpha value is -3.47. The number of guanidine groups is 1. The molecule has 0 spiro atoms. The number of carbonyl (C=O) groups is 4. The second-order valence-electron chi connectivity index (χ2n) is 12.6. The summed E-state index contributed by atoms with van der Waals surface area (Å²) in [6, 6.07) is -2.41. The predicted molar refractivity (Wildman–Crippen MR) is 154 cm³/mol. The Kier molecular flexibility index (Phi) is 12.5. The van der Waals surface area contributed by atoms with Gasteiger partial charge in [-0.3, -0.25) is 15.4 Å². The van der Waals surface area contributed by atoms with Crippen molar-refractivity contribution in [2.24, 2.45) is 4.99 Å². The lowest BCUT2D eigenvalue weighted by atomic mass is 9.92. The molecule has 2 aliphatic heterocycles. The first-order chi connectivity index (χ1) is 20.2. The van der Waals surface area contributed by atoms with Crippen LogP contribution in [0.15, 0.2) is 16.8 Å². The van der Waals surface area contributed by atoms with Crippen molar-refractivity contribution in [3.8, 4) is 0 Å². The lowest BCUT2D eigenvalue weighted by Crippen LogP contribution is -2.60. The van der Waals surface area contributed by atoms with Gasteiger partial charge in [0.2, 0.25) is 17.6 Å². The highest BCUT2D eigenvalue weighted by Crippen LogP contribution is 2.31. The number of rotatable bonds is 8. The quantitative estimate of drug-likeness (QED) is 0.0835. The molecule has 1 saturated heterocycles. The molecular weight excluding hydrogens is 584 g/mol. The van der Waals surface area contributed by atoms with Gasteiger partial charge in [-0.25, -0.2) is 19.4 Å². The lowest BCUT2D eigenvalue weighted by molar-refractivity contribution is -0.170. The zero-order valence-corrected chi connectivity index (χ0v) is 26.7. The average molecular weight is 631 g/mol. The fraction of sp³-hybridized carbons (Fsp3) is 0.750. The van der Waals surface area contributed by atoms with E-state index in [9.17, 15) is 24.3 Å². The van der Waals surface area contributed by atoms with E-state index in [4.69, 9.17) is 33.5 Å². The molecule has 0 radical (unpaired) electrons. The van der Waals surface area contributed by atoms with E-state index in [1.807, 2.05) is 0 Å². The molecule has 5 N–H and O–H groups in total. The summed E-state index contributed by atoms with van der Waals surface area (Å²) in [5.41, 5.74) is -1.81. The van der Waals surface area contributed by atoms with Gasteiger partial charge in [-0.05, 0) is 61.5 Å². The summed E-state index contributed by atoms with van der Waals surface area (Å²) in [5, 5.41) is 27.8. The topological polar surface area (TPSA) is 213 Å². The first kappa shape index (κ1) is 36.7. The van der Waals surface area contributed by atoms with Crippen molar-refractivity contribution in [2.75, 3.05) is 19.8 Å². The van der Waals surface area contributed by atoms with Gasteiger partial charge in [-0.15, -0.1) is 0 Å². The highest BCUT2D eigenvalue weighted by Gasteiger charge is 2.48. The molecule has 3 amide bonds. The van der Waals surface area contributed by atoms with Gasteiger partial charge < -0.3 is 44.0 Å². The van der Waals surface area contributed by atoms with Crippen molar-refractivity contribution in [2.45, 2.75) is 116 Å². The molecule has 5 atom stereocenters. The first-order valence-electron chi connectivity index (χ1n) is 14.2. The summed E-state index contributed by atoms with van der Waals surface area (Å²) in [7, 11) is 0. The van der Waals surface area contributed by atoms with Gasteiger partial charge >= 0.3 is 18.2 Å². The van der Waals surface area contributed by atoms with Crippen LogP contribution in [0.4, 0.5) is 9.59 Å². The number of hydrogen-bond acceptors (Lipinski definition) is 13. The normalized spacial score (nSPS) is 23.7. The summed E-state index contributed by atoms with van der Waals surface area (Å²) in [6.45, 7) is 14.0. The lowest BCUT2D eigenvalue weighted by Gasteiger charge is -2.39. The third-order valence-electron chi connectivity index (χ3n) is 5.68. The van der Waals surface area contributed by atoms with Crippen LogP contribution in [0.3, 0.4) is 0 Å². The Morgan fingerprint density at radius 1 is 1.07 bits per heavy atom. The van der Waals surface area contributed by atoms with Gasteiger partial charge in [-0.2, -0.15) is 0 Å². The number of aliphatic hydroxyl groups is 2. The van der Waals surface area contributed by atoms with Crippen molar-refractivity contribution in [3.05, 3.63) is 11.8 Å². The second-order valence-corrected chi connectivity index (χ2v) is 12.6. The van der Waals surface area contributed by atoms with Crippen LogP contribution in [0, 0.1) is 0 Å². The van der Waals surface area contributed by atoms with Gasteiger partial charge in [0.25, 0.3) is 0 Å². The molecule has 2 rings (SSSR count). The number of amides is 3. The van der Waals surface area contributed by atoms with Crippen LogP contribution in [-0.2, 0) is 38.0 Å². The minimum absolute atomic E-state index is 0.0274. The third kappa shape index (κ3) is 12.3. The Bertz CT molecular complexity index is 1080. The largest absolute Gasteiger partial charge is 0.478 e. The van der Waals surface area contributed by atoms with Gasteiger partial charge in [0.05, 0.1) is 25.3 Å². The van der Waals surface area contributed by atoms with Crippen molar-refractivity contribution in [1.29, 1.82) is 0 Å². The van der Waals surface area contributed by atoms with Crippen molar-refractivity contribution in [1.82, 2.24) is 16.0 Å². The fourth-order valence-corrected chi connectivity index (χ4v) is 4.07. The Morgan fingerprint density at radius 2 is 1.64 bits per heavy atom. The van der Waals surface area contributed by atoms with Crippen LogP contribution in [0.5, 0.6) is 0 Å². The molecular formula is C28H46N4O12. The van der Waals surface area contributed by atoms with Crippen LogP contribution in [0.25, 0.3) is 0 Å². The average Bonchev–Trinajstić information content (AvgIpc) is 3.21. The number of esters is 1. The molecule has 0 aromatic heterocycles. The van der Waals surface area contributed by atoms with E-state index in [1.54, 1.807) is 55.4 Å². The monoisotopic (exact) mass is 630 g/mol. The maximum Gasteiger partial charge on any atom is 0.414 e. The molecule has 16 nitrogen and oxygen atoms in total. The van der Waals surface area contributed by atoms with Crippen LogP contribution < -0.4 is 16.0 Å². The van der Waals surface area contributed by atoms with E-state index >= 15 is 0 Å². The molecule has 250 valence electrons. The number of ether oxygens (including phenoxy) is 6. The predicted octanol–water partition coefficient (Wildman–Crippen LogP) is 0.986. The van der Waals surface area contributed by atoms with E-state index in [-0.39, 0.29) is 32.0 Å². The van der Waals surface area contributed by atoms with Crippen LogP contribution in [0.1, 0.15) is 68.7 Å². The summed E-state index contributed by atoms with van der Waals surface area (Å²) >= 11 is 0. The molecule has 2 aliphatic rings. The second kappa shape index (κ2) is 15.0. The molecule has 0 aromatic rings. The maximum absolute atomic E-state index is 12.9. The number of aliphatic imine (C=N–C) groups is 1. The van der Waals surface area contributed by atoms with E-state index in [2.05, 4.69) is 20.9 Å². The number of carbonyl (C=O) groups excluding carboxylic acids is 4. The molecule has 2 heterocycles. The summed E-state index contributed by atoms with van der Waals surface area (Å²) in [5.74, 6) is -3.33. The zero-order valence-electron chi connectivity index (χ0n) is 26.7. The van der Waals surface area contributed by atoms with E-state index in [1.165, 1.54) is 13.0 Å². The molecule has 0 aliphatic carbocycles. The Morgan fingerprint density at radius 3 is 2.09 bits per heavy atom. The van der Waals surface area contributed by atoms with Gasteiger partial charge in [0.15, 0.2) is 5.79 Å². The molecule has 0 aromatic carbocycles. The summed E-state index contributed by atoms with van der Waals surface area (Å²) in [4.78, 5) is 55.1. The van der Waals surface area contributed by atoms with Gasteiger partial charge in [0.1, 0.15) is 29.5 Å². The van der Waals surface area contributed by atoms with Crippen molar-refractivity contribution >= 4 is 30.0 Å². The van der Waals surface area contributed by atoms with E-state index in [0.29, 0.717) is 0 Å². The van der Waals surface area contributed by atoms with E-state index in [0.717, 1.165) is 0 Å². The highest BCUT2D eigenvalue weighted by atomic mass is 16.7. The molecule has 1 fully saturated rings. The Balaban J connectivity index is 2.59. The first-order valence-corrected chi connectivity index (χ1v) is 14.2. The SMILES string of the molecule is CC(=O)N[C@H]1[C@H]([C@H](O)[C@H]2COC(C)(C)O2)OC(C(=O)OCCCO)=C[C@@H]1N=C(NC(=O)OC(C)(C)C)NC(=O)OC(C)(C)C. The highest BCUT2D eigenvalue weighted by molar-refractivity contribution is 6.01. The number of nitrogens with one attached hydrogen (secondary N) is 3. The Labute approximate surface area is 256 Å². The number of hydrogen-bond donors (Lipinski definition) is 5. The fourth-order valence-electron chi connectivity index (χ4n) is 4.07.